The Morgan fingerprint density at radius 1 is 1.41 bits per heavy atom. The molecule has 94 valence electrons. The Labute approximate surface area is 96.5 Å². The van der Waals surface area contributed by atoms with Gasteiger partial charge in [-0.15, -0.1) is 0 Å². The van der Waals surface area contributed by atoms with Gasteiger partial charge in [-0.25, -0.2) is 13.6 Å². The second-order valence-electron chi connectivity index (χ2n) is 3.40. The Hall–Kier alpha value is -1.69. The number of aliphatic hydroxyl groups is 1. The van der Waals surface area contributed by atoms with E-state index < -0.39 is 36.1 Å². The van der Waals surface area contributed by atoms with Crippen LogP contribution in [0.15, 0.2) is 12.1 Å². The van der Waals surface area contributed by atoms with Crippen LogP contribution in [0.1, 0.15) is 18.9 Å². The van der Waals surface area contributed by atoms with Gasteiger partial charge in [0.25, 0.3) is 0 Å². The highest BCUT2D eigenvalue weighted by Gasteiger charge is 2.21. The van der Waals surface area contributed by atoms with Crippen LogP contribution in [0, 0.1) is 11.6 Å². The number of benzene rings is 1. The number of halogens is 2. The molecule has 1 unspecified atom stereocenters. The van der Waals surface area contributed by atoms with Crippen LogP contribution >= 0.6 is 0 Å². The van der Waals surface area contributed by atoms with Crippen LogP contribution in [0.3, 0.4) is 0 Å². The summed E-state index contributed by atoms with van der Waals surface area (Å²) >= 11 is 0. The lowest BCUT2D eigenvalue weighted by Gasteiger charge is -2.14. The Balaban J connectivity index is 3.02. The first-order valence-electron chi connectivity index (χ1n) is 4.97. The minimum atomic E-state index is -1.31. The number of carboxylic acid groups (broad SMARTS) is 1. The molecule has 1 aromatic rings. The first-order chi connectivity index (χ1) is 7.99. The molecule has 2 N–H and O–H groups in total. The smallest absolute Gasteiger partial charge is 0.344 e. The molecule has 0 fully saturated rings. The van der Waals surface area contributed by atoms with Crippen molar-refractivity contribution < 1.29 is 28.5 Å². The highest BCUT2D eigenvalue weighted by molar-refractivity contribution is 5.72. The molecule has 0 amide bonds. The normalized spacial score (nSPS) is 12.2. The van der Waals surface area contributed by atoms with E-state index in [1.165, 1.54) is 6.92 Å². The van der Waals surface area contributed by atoms with Crippen molar-refractivity contribution in [1.82, 2.24) is 0 Å². The minimum absolute atomic E-state index is 0.0516. The van der Waals surface area contributed by atoms with Crippen LogP contribution in [0.25, 0.3) is 0 Å². The second kappa shape index (κ2) is 5.58. The molecule has 0 saturated carbocycles. The van der Waals surface area contributed by atoms with Gasteiger partial charge in [-0.05, 0) is 24.1 Å². The van der Waals surface area contributed by atoms with Crippen molar-refractivity contribution in [3.8, 4) is 5.75 Å². The molecule has 0 aliphatic rings. The van der Waals surface area contributed by atoms with Crippen LogP contribution in [-0.4, -0.2) is 22.3 Å². The van der Waals surface area contributed by atoms with E-state index in [0.29, 0.717) is 0 Å². The fourth-order valence-corrected chi connectivity index (χ4v) is 1.27. The van der Waals surface area contributed by atoms with Crippen LogP contribution in [0.2, 0.25) is 0 Å². The molecule has 0 saturated heterocycles. The summed E-state index contributed by atoms with van der Waals surface area (Å²) in [4.78, 5) is 10.7. The molecular weight excluding hydrogens is 234 g/mol. The van der Waals surface area contributed by atoms with Crippen molar-refractivity contribution in [3.63, 3.8) is 0 Å². The summed E-state index contributed by atoms with van der Waals surface area (Å²) in [6.07, 6.45) is -1.23. The number of rotatable bonds is 5. The van der Waals surface area contributed by atoms with Crippen molar-refractivity contribution >= 4 is 5.97 Å². The zero-order chi connectivity index (χ0) is 13.0. The Morgan fingerprint density at radius 2 is 1.94 bits per heavy atom. The van der Waals surface area contributed by atoms with Gasteiger partial charge >= 0.3 is 5.97 Å². The molecule has 4 nitrogen and oxygen atoms in total. The van der Waals surface area contributed by atoms with Crippen molar-refractivity contribution in [2.24, 2.45) is 0 Å². The molecule has 0 heterocycles. The van der Waals surface area contributed by atoms with E-state index in [0.717, 1.165) is 12.1 Å². The summed E-state index contributed by atoms with van der Waals surface area (Å²) in [7, 11) is 0. The molecule has 0 aromatic heterocycles. The quantitative estimate of drug-likeness (QED) is 0.829. The third-order valence-electron chi connectivity index (χ3n) is 2.15. The lowest BCUT2D eigenvalue weighted by Crippen LogP contribution is -2.26. The van der Waals surface area contributed by atoms with Crippen molar-refractivity contribution in [2.45, 2.75) is 26.1 Å². The van der Waals surface area contributed by atoms with Crippen LogP contribution in [0.5, 0.6) is 5.75 Å². The van der Waals surface area contributed by atoms with E-state index >= 15 is 0 Å². The SMILES string of the molecule is CCC(Oc1c(F)cc(CO)cc1F)C(=O)O. The molecule has 0 aliphatic heterocycles. The Morgan fingerprint density at radius 3 is 2.29 bits per heavy atom. The van der Waals surface area contributed by atoms with Gasteiger partial charge in [-0.2, -0.15) is 0 Å². The van der Waals surface area contributed by atoms with E-state index in [9.17, 15) is 13.6 Å². The molecule has 0 spiro atoms. The van der Waals surface area contributed by atoms with Gasteiger partial charge in [0.2, 0.25) is 0 Å². The molecule has 1 atom stereocenters. The molecule has 0 radical (unpaired) electrons. The fourth-order valence-electron chi connectivity index (χ4n) is 1.27. The van der Waals surface area contributed by atoms with Crippen molar-refractivity contribution in [2.75, 3.05) is 0 Å². The molecule has 0 aliphatic carbocycles. The molecule has 1 rings (SSSR count). The van der Waals surface area contributed by atoms with Gasteiger partial charge in [-0.3, -0.25) is 0 Å². The summed E-state index contributed by atoms with van der Waals surface area (Å²) in [5.74, 6) is -4.10. The van der Waals surface area contributed by atoms with Gasteiger partial charge < -0.3 is 14.9 Å². The van der Waals surface area contributed by atoms with Gasteiger partial charge in [0.15, 0.2) is 23.5 Å². The third-order valence-corrected chi connectivity index (χ3v) is 2.15. The highest BCUT2D eigenvalue weighted by Crippen LogP contribution is 2.25. The molecule has 1 aromatic carbocycles. The number of hydrogen-bond donors (Lipinski definition) is 2. The Kier molecular flexibility index (Phi) is 4.39. The predicted octanol–water partition coefficient (Wildman–Crippen LogP) is 1.70. The van der Waals surface area contributed by atoms with Gasteiger partial charge in [0.1, 0.15) is 0 Å². The maximum Gasteiger partial charge on any atom is 0.344 e. The summed E-state index contributed by atoms with van der Waals surface area (Å²) < 4.78 is 31.5. The van der Waals surface area contributed by atoms with E-state index in [1.54, 1.807) is 0 Å². The number of hydrogen-bond acceptors (Lipinski definition) is 3. The number of carboxylic acids is 1. The van der Waals surface area contributed by atoms with Crippen molar-refractivity contribution in [3.05, 3.63) is 29.3 Å². The molecule has 6 heteroatoms. The van der Waals surface area contributed by atoms with E-state index in [4.69, 9.17) is 14.9 Å². The summed E-state index contributed by atoms with van der Waals surface area (Å²) in [6.45, 7) is 1.01. The summed E-state index contributed by atoms with van der Waals surface area (Å²) in [5, 5.41) is 17.4. The molecule has 17 heavy (non-hydrogen) atoms. The largest absolute Gasteiger partial charge is 0.479 e. The van der Waals surface area contributed by atoms with Crippen LogP contribution in [0.4, 0.5) is 8.78 Å². The average molecular weight is 246 g/mol. The zero-order valence-corrected chi connectivity index (χ0v) is 9.11. The number of aliphatic carboxylic acids is 1. The van der Waals surface area contributed by atoms with E-state index in [-0.39, 0.29) is 12.0 Å². The fraction of sp³-hybridized carbons (Fsp3) is 0.364. The minimum Gasteiger partial charge on any atom is -0.479 e. The lowest BCUT2D eigenvalue weighted by molar-refractivity contribution is -0.145. The van der Waals surface area contributed by atoms with Gasteiger partial charge in [0, 0.05) is 0 Å². The van der Waals surface area contributed by atoms with Crippen molar-refractivity contribution in [1.29, 1.82) is 0 Å². The maximum atomic E-state index is 13.4. The van der Waals surface area contributed by atoms with Crippen LogP contribution < -0.4 is 4.74 Å². The molecule has 0 bridgehead atoms. The predicted molar refractivity (Wildman–Crippen MR) is 54.6 cm³/mol. The summed E-state index contributed by atoms with van der Waals surface area (Å²) in [6, 6.07) is 1.79. The standard InChI is InChI=1S/C11H12F2O4/c1-2-9(11(15)16)17-10-7(12)3-6(5-14)4-8(10)13/h3-4,9,14H,2,5H2,1H3,(H,15,16). The molecular formula is C11H12F2O4. The first-order valence-corrected chi connectivity index (χ1v) is 4.97. The van der Waals surface area contributed by atoms with Gasteiger partial charge in [0.05, 0.1) is 6.61 Å². The van der Waals surface area contributed by atoms with Gasteiger partial charge in [-0.1, -0.05) is 6.92 Å². The monoisotopic (exact) mass is 246 g/mol. The third kappa shape index (κ3) is 3.13. The summed E-state index contributed by atoms with van der Waals surface area (Å²) in [5.41, 5.74) is 0.0516. The lowest BCUT2D eigenvalue weighted by atomic mass is 10.2. The second-order valence-corrected chi connectivity index (χ2v) is 3.40. The highest BCUT2D eigenvalue weighted by atomic mass is 19.1. The van der Waals surface area contributed by atoms with E-state index in [1.807, 2.05) is 0 Å². The number of aliphatic hydroxyl groups excluding tert-OH is 1. The number of carbonyl (C=O) groups is 1. The maximum absolute atomic E-state index is 13.4. The van der Waals surface area contributed by atoms with E-state index in [2.05, 4.69) is 0 Å². The zero-order valence-electron chi connectivity index (χ0n) is 9.11. The first kappa shape index (κ1) is 13.4. The number of ether oxygens (including phenoxy) is 1. The topological polar surface area (TPSA) is 66.8 Å². The van der Waals surface area contributed by atoms with Crippen LogP contribution in [-0.2, 0) is 11.4 Å². The average Bonchev–Trinajstić information content (AvgIpc) is 2.27. The Bertz CT molecular complexity index is 397.